The lowest BCUT2D eigenvalue weighted by Crippen LogP contribution is -2.47. The highest BCUT2D eigenvalue weighted by Crippen LogP contribution is 2.37. The zero-order valence-electron chi connectivity index (χ0n) is 13.8. The lowest BCUT2D eigenvalue weighted by atomic mass is 9.75. The van der Waals surface area contributed by atoms with Gasteiger partial charge in [-0.25, -0.2) is 4.39 Å². The molecule has 0 radical (unpaired) electrons. The molecule has 1 saturated carbocycles. The van der Waals surface area contributed by atoms with Gasteiger partial charge >= 0.3 is 0 Å². The summed E-state index contributed by atoms with van der Waals surface area (Å²) in [6, 6.07) is 8.32. The van der Waals surface area contributed by atoms with Crippen molar-refractivity contribution in [1.82, 2.24) is 10.2 Å². The Labute approximate surface area is 128 Å². The summed E-state index contributed by atoms with van der Waals surface area (Å²) < 4.78 is 13.7. The van der Waals surface area contributed by atoms with Crippen molar-refractivity contribution in [3.63, 3.8) is 0 Å². The molecule has 118 valence electrons. The first-order valence-corrected chi connectivity index (χ1v) is 8.11. The summed E-state index contributed by atoms with van der Waals surface area (Å²) >= 11 is 0. The number of halogens is 1. The van der Waals surface area contributed by atoms with Crippen molar-refractivity contribution in [2.75, 3.05) is 20.6 Å². The molecule has 1 atom stereocenters. The largest absolute Gasteiger partial charge is 0.312 e. The maximum Gasteiger partial charge on any atom is 0.126 e. The molecule has 0 aliphatic heterocycles. The van der Waals surface area contributed by atoms with E-state index in [9.17, 15) is 4.39 Å². The fourth-order valence-electron chi connectivity index (χ4n) is 3.17. The number of hydrogen-bond acceptors (Lipinski definition) is 2. The smallest absolute Gasteiger partial charge is 0.126 e. The van der Waals surface area contributed by atoms with Crippen LogP contribution in [0.4, 0.5) is 4.39 Å². The quantitative estimate of drug-likeness (QED) is 0.825. The molecule has 21 heavy (non-hydrogen) atoms. The molecule has 1 fully saturated rings. The standard InChI is InChI=1S/C18H29FN2/c1-13(2)9-16(21(3)4)12-20-15-10-14(11-15)17-7-5-6-8-18(17)19/h5-8,13-16,20H,9-12H2,1-4H3. The van der Waals surface area contributed by atoms with E-state index in [1.165, 1.54) is 6.42 Å². The van der Waals surface area contributed by atoms with Gasteiger partial charge in [0.15, 0.2) is 0 Å². The van der Waals surface area contributed by atoms with E-state index in [4.69, 9.17) is 0 Å². The van der Waals surface area contributed by atoms with Crippen LogP contribution in [0, 0.1) is 11.7 Å². The van der Waals surface area contributed by atoms with Crippen LogP contribution < -0.4 is 5.32 Å². The van der Waals surface area contributed by atoms with Crippen molar-refractivity contribution in [2.24, 2.45) is 5.92 Å². The first kappa shape index (κ1) is 16.4. The summed E-state index contributed by atoms with van der Waals surface area (Å²) in [6.45, 7) is 5.57. The molecule has 1 aromatic carbocycles. The second kappa shape index (κ2) is 7.37. The number of likely N-dealkylation sites (N-methyl/N-ethyl adjacent to an activating group) is 1. The van der Waals surface area contributed by atoms with Gasteiger partial charge in [-0.1, -0.05) is 32.0 Å². The zero-order valence-corrected chi connectivity index (χ0v) is 13.8. The van der Waals surface area contributed by atoms with Crippen LogP contribution in [-0.2, 0) is 0 Å². The van der Waals surface area contributed by atoms with Crippen LogP contribution in [0.25, 0.3) is 0 Å². The topological polar surface area (TPSA) is 15.3 Å². The Morgan fingerprint density at radius 2 is 1.90 bits per heavy atom. The van der Waals surface area contributed by atoms with E-state index in [2.05, 4.69) is 38.2 Å². The first-order chi connectivity index (χ1) is 9.97. The summed E-state index contributed by atoms with van der Waals surface area (Å²) in [7, 11) is 4.30. The molecular weight excluding hydrogens is 263 g/mol. The monoisotopic (exact) mass is 292 g/mol. The van der Waals surface area contributed by atoms with Crippen molar-refractivity contribution in [1.29, 1.82) is 0 Å². The second-order valence-corrected chi connectivity index (χ2v) is 7.04. The number of hydrogen-bond donors (Lipinski definition) is 1. The number of benzene rings is 1. The molecule has 1 aliphatic rings. The maximum atomic E-state index is 13.7. The van der Waals surface area contributed by atoms with E-state index >= 15 is 0 Å². The number of nitrogens with zero attached hydrogens (tertiary/aromatic N) is 1. The van der Waals surface area contributed by atoms with Gasteiger partial charge in [-0.15, -0.1) is 0 Å². The molecule has 0 heterocycles. The molecule has 3 heteroatoms. The van der Waals surface area contributed by atoms with E-state index < -0.39 is 0 Å². The van der Waals surface area contributed by atoms with Crippen molar-refractivity contribution >= 4 is 0 Å². The third kappa shape index (κ3) is 4.52. The first-order valence-electron chi connectivity index (χ1n) is 8.11. The Hall–Kier alpha value is -0.930. The third-order valence-electron chi connectivity index (χ3n) is 4.60. The van der Waals surface area contributed by atoms with Crippen molar-refractivity contribution in [2.45, 2.75) is 51.1 Å². The predicted molar refractivity (Wildman–Crippen MR) is 87.1 cm³/mol. The zero-order chi connectivity index (χ0) is 15.4. The lowest BCUT2D eigenvalue weighted by molar-refractivity contribution is 0.213. The van der Waals surface area contributed by atoms with Crippen molar-refractivity contribution in [3.05, 3.63) is 35.6 Å². The minimum atomic E-state index is -0.0491. The predicted octanol–water partition coefficient (Wildman–Crippen LogP) is 3.64. The van der Waals surface area contributed by atoms with Crippen LogP contribution in [0.3, 0.4) is 0 Å². The summed E-state index contributed by atoms with van der Waals surface area (Å²) in [5.41, 5.74) is 0.891. The van der Waals surface area contributed by atoms with E-state index in [1.54, 1.807) is 12.1 Å². The fraction of sp³-hybridized carbons (Fsp3) is 0.667. The Bertz CT molecular complexity index is 439. The van der Waals surface area contributed by atoms with Crippen LogP contribution in [0.1, 0.15) is 44.6 Å². The van der Waals surface area contributed by atoms with Crippen molar-refractivity contribution in [3.8, 4) is 0 Å². The van der Waals surface area contributed by atoms with Crippen LogP contribution >= 0.6 is 0 Å². The lowest BCUT2D eigenvalue weighted by Gasteiger charge is -2.38. The highest BCUT2D eigenvalue weighted by Gasteiger charge is 2.32. The molecule has 1 unspecified atom stereocenters. The minimum absolute atomic E-state index is 0.0491. The van der Waals surface area contributed by atoms with E-state index in [1.807, 2.05) is 12.1 Å². The molecular formula is C18H29FN2. The van der Waals surface area contributed by atoms with E-state index in [0.29, 0.717) is 23.9 Å². The molecule has 2 nitrogen and oxygen atoms in total. The van der Waals surface area contributed by atoms with E-state index in [-0.39, 0.29) is 5.82 Å². The van der Waals surface area contributed by atoms with Crippen LogP contribution in [0.2, 0.25) is 0 Å². The Morgan fingerprint density at radius 1 is 1.24 bits per heavy atom. The maximum absolute atomic E-state index is 13.7. The molecule has 1 aliphatic carbocycles. The molecule has 2 rings (SSSR count). The van der Waals surface area contributed by atoms with Gasteiger partial charge in [0.2, 0.25) is 0 Å². The summed E-state index contributed by atoms with van der Waals surface area (Å²) in [5, 5.41) is 3.66. The number of nitrogens with one attached hydrogen (secondary N) is 1. The van der Waals surface area contributed by atoms with Gasteiger partial charge in [-0.3, -0.25) is 0 Å². The summed E-state index contributed by atoms with van der Waals surface area (Å²) in [6.07, 6.45) is 3.33. The molecule has 1 N–H and O–H groups in total. The molecule has 0 spiro atoms. The summed E-state index contributed by atoms with van der Waals surface area (Å²) in [4.78, 5) is 2.31. The normalized spacial score (nSPS) is 23.4. The molecule has 0 aromatic heterocycles. The van der Waals surface area contributed by atoms with Gasteiger partial charge in [-0.05, 0) is 56.8 Å². The molecule has 0 amide bonds. The Morgan fingerprint density at radius 3 is 2.48 bits per heavy atom. The van der Waals surface area contributed by atoms with Crippen LogP contribution in [0.5, 0.6) is 0 Å². The van der Waals surface area contributed by atoms with Gasteiger partial charge in [0.25, 0.3) is 0 Å². The van der Waals surface area contributed by atoms with Gasteiger partial charge in [0.1, 0.15) is 5.82 Å². The Balaban J connectivity index is 1.76. The fourth-order valence-corrected chi connectivity index (χ4v) is 3.17. The van der Waals surface area contributed by atoms with Crippen LogP contribution in [0.15, 0.2) is 24.3 Å². The number of rotatable bonds is 7. The van der Waals surface area contributed by atoms with Crippen LogP contribution in [-0.4, -0.2) is 37.6 Å². The average molecular weight is 292 g/mol. The molecule has 0 saturated heterocycles. The Kier molecular flexibility index (Phi) is 5.77. The molecule has 0 bridgehead atoms. The van der Waals surface area contributed by atoms with Gasteiger partial charge in [-0.2, -0.15) is 0 Å². The minimum Gasteiger partial charge on any atom is -0.312 e. The van der Waals surface area contributed by atoms with Crippen molar-refractivity contribution < 1.29 is 4.39 Å². The molecule has 1 aromatic rings. The van der Waals surface area contributed by atoms with Gasteiger partial charge in [0, 0.05) is 18.6 Å². The SMILES string of the molecule is CC(C)CC(CNC1CC(c2ccccc2F)C1)N(C)C. The van der Waals surface area contributed by atoms with Gasteiger partial charge in [0.05, 0.1) is 0 Å². The van der Waals surface area contributed by atoms with Gasteiger partial charge < -0.3 is 10.2 Å². The third-order valence-corrected chi connectivity index (χ3v) is 4.60. The second-order valence-electron chi connectivity index (χ2n) is 7.04. The highest BCUT2D eigenvalue weighted by molar-refractivity contribution is 5.24. The average Bonchev–Trinajstić information content (AvgIpc) is 2.36. The van der Waals surface area contributed by atoms with E-state index in [0.717, 1.165) is 24.9 Å². The summed E-state index contributed by atoms with van der Waals surface area (Å²) in [5.74, 6) is 1.06. The highest BCUT2D eigenvalue weighted by atomic mass is 19.1.